The van der Waals surface area contributed by atoms with E-state index in [0.717, 1.165) is 64.2 Å². The smallest absolute Gasteiger partial charge is 0.305 e. The number of hydrogen-bond acceptors (Lipinski definition) is 5. The molecule has 6 nitrogen and oxygen atoms in total. The quantitative estimate of drug-likeness (QED) is 0.0322. The minimum absolute atomic E-state index is 0.0251. The van der Waals surface area contributed by atoms with Gasteiger partial charge < -0.3 is 20.3 Å². The van der Waals surface area contributed by atoms with E-state index in [1.807, 2.05) is 6.08 Å². The Morgan fingerprint density at radius 2 is 0.833 bits per heavy atom. The summed E-state index contributed by atoms with van der Waals surface area (Å²) in [6, 6.07) is -0.645. The van der Waals surface area contributed by atoms with Gasteiger partial charge in [0, 0.05) is 12.8 Å². The normalized spacial score (nSPS) is 12.9. The zero-order valence-corrected chi connectivity index (χ0v) is 39.9. The fourth-order valence-corrected chi connectivity index (χ4v) is 7.84. The van der Waals surface area contributed by atoms with Crippen LogP contribution in [0.1, 0.15) is 271 Å². The minimum atomic E-state index is -0.859. The number of allylic oxidation sites excluding steroid dienone is 5. The summed E-state index contributed by atoms with van der Waals surface area (Å²) >= 11 is 0. The summed E-state index contributed by atoms with van der Waals surface area (Å²) in [7, 11) is 0. The van der Waals surface area contributed by atoms with Crippen molar-refractivity contribution in [2.45, 2.75) is 283 Å². The van der Waals surface area contributed by atoms with E-state index in [4.69, 9.17) is 4.74 Å². The van der Waals surface area contributed by atoms with Gasteiger partial charge in [-0.25, -0.2) is 0 Å². The third-order valence-corrected chi connectivity index (χ3v) is 11.9. The number of amides is 1. The zero-order valence-electron chi connectivity index (χ0n) is 39.9. The molecule has 0 saturated heterocycles. The molecule has 0 fully saturated rings. The molecule has 6 heteroatoms. The number of rotatable bonds is 48. The Bertz CT molecular complexity index is 977. The Hall–Kier alpha value is -1.92. The topological polar surface area (TPSA) is 95.9 Å². The van der Waals surface area contributed by atoms with E-state index in [1.54, 1.807) is 6.08 Å². The van der Waals surface area contributed by atoms with Crippen molar-refractivity contribution < 1.29 is 24.5 Å². The highest BCUT2D eigenvalue weighted by atomic mass is 16.5. The van der Waals surface area contributed by atoms with Crippen molar-refractivity contribution in [1.82, 2.24) is 5.32 Å². The van der Waals surface area contributed by atoms with Crippen molar-refractivity contribution >= 4 is 11.9 Å². The van der Waals surface area contributed by atoms with Gasteiger partial charge in [-0.15, -0.1) is 0 Å². The van der Waals surface area contributed by atoms with E-state index in [0.29, 0.717) is 19.4 Å². The molecule has 0 saturated carbocycles. The molecule has 1 amide bonds. The molecule has 0 radical (unpaired) electrons. The van der Waals surface area contributed by atoms with Crippen LogP contribution in [-0.2, 0) is 14.3 Å². The molecule has 0 spiro atoms. The van der Waals surface area contributed by atoms with Crippen LogP contribution >= 0.6 is 0 Å². The molecule has 2 unspecified atom stereocenters. The second-order valence-corrected chi connectivity index (χ2v) is 17.9. The van der Waals surface area contributed by atoms with Crippen molar-refractivity contribution in [3.05, 3.63) is 36.5 Å². The summed E-state index contributed by atoms with van der Waals surface area (Å²) in [5.74, 6) is -0.117. The molecular weight excluding hydrogens is 743 g/mol. The molecule has 0 bridgehead atoms. The van der Waals surface area contributed by atoms with E-state index < -0.39 is 12.1 Å². The first-order valence-corrected chi connectivity index (χ1v) is 26.3. The van der Waals surface area contributed by atoms with Crippen LogP contribution in [0.25, 0.3) is 0 Å². The van der Waals surface area contributed by atoms with Crippen molar-refractivity contribution in [3.63, 3.8) is 0 Å². The van der Waals surface area contributed by atoms with Crippen molar-refractivity contribution in [1.29, 1.82) is 0 Å². The van der Waals surface area contributed by atoms with Crippen LogP contribution in [0.15, 0.2) is 36.5 Å². The Labute approximate surface area is 373 Å². The summed E-state index contributed by atoms with van der Waals surface area (Å²) < 4.78 is 5.46. The summed E-state index contributed by atoms with van der Waals surface area (Å²) in [5.41, 5.74) is 0. The molecule has 0 aromatic carbocycles. The summed E-state index contributed by atoms with van der Waals surface area (Å²) in [4.78, 5) is 24.5. The molecule has 3 N–H and O–H groups in total. The van der Waals surface area contributed by atoms with Gasteiger partial charge in [0.2, 0.25) is 5.91 Å². The molecule has 0 rings (SSSR count). The Balaban J connectivity index is 3.50. The number of aliphatic hydroxyl groups excluding tert-OH is 2. The third-order valence-electron chi connectivity index (χ3n) is 11.9. The summed E-state index contributed by atoms with van der Waals surface area (Å²) in [6.07, 6.45) is 60.0. The first-order chi connectivity index (χ1) is 29.5. The maximum absolute atomic E-state index is 12.4. The van der Waals surface area contributed by atoms with Crippen LogP contribution in [0.3, 0.4) is 0 Å². The first-order valence-electron chi connectivity index (χ1n) is 26.3. The minimum Gasteiger partial charge on any atom is -0.466 e. The Morgan fingerprint density at radius 3 is 1.30 bits per heavy atom. The van der Waals surface area contributed by atoms with Crippen LogP contribution in [0.4, 0.5) is 0 Å². The predicted octanol–water partition coefficient (Wildman–Crippen LogP) is 15.7. The summed E-state index contributed by atoms with van der Waals surface area (Å²) in [5, 5.41) is 23.0. The number of esters is 1. The SMILES string of the molecule is CCCCC/C=C\C/C=C\CCCCCCCCCCCC(=O)OCCCCCCCCCCCCC(=O)NC(CO)C(O)/C=C/CCCCCCCCCCCCCC. The first kappa shape index (κ1) is 58.1. The van der Waals surface area contributed by atoms with Gasteiger partial charge in [-0.1, -0.05) is 230 Å². The van der Waals surface area contributed by atoms with Crippen LogP contribution in [0, 0.1) is 0 Å². The lowest BCUT2D eigenvalue weighted by atomic mass is 10.0. The van der Waals surface area contributed by atoms with Gasteiger partial charge in [0.05, 0.1) is 25.4 Å². The lowest BCUT2D eigenvalue weighted by Gasteiger charge is -2.20. The summed E-state index contributed by atoms with van der Waals surface area (Å²) in [6.45, 7) is 4.82. The standard InChI is InChI=1S/C54H101NO5/c1-3-5-7-9-11-13-15-17-19-20-21-22-23-25-27-32-36-40-44-48-54(59)60-49-45-41-37-33-29-28-31-35-39-43-47-53(58)55-51(50-56)52(57)46-42-38-34-30-26-24-18-16-14-12-10-8-6-4-2/h11,13,17,19,42,46,51-52,56-57H,3-10,12,14-16,18,20-41,43-45,47-50H2,1-2H3,(H,55,58)/b13-11-,19-17-,46-42+. The van der Waals surface area contributed by atoms with Gasteiger partial charge in [0.15, 0.2) is 0 Å². The van der Waals surface area contributed by atoms with Crippen molar-refractivity contribution in [3.8, 4) is 0 Å². The van der Waals surface area contributed by atoms with Gasteiger partial charge in [-0.2, -0.15) is 0 Å². The van der Waals surface area contributed by atoms with Gasteiger partial charge in [0.25, 0.3) is 0 Å². The van der Waals surface area contributed by atoms with Crippen LogP contribution < -0.4 is 5.32 Å². The highest BCUT2D eigenvalue weighted by molar-refractivity contribution is 5.76. The average molecular weight is 844 g/mol. The fourth-order valence-electron chi connectivity index (χ4n) is 7.84. The van der Waals surface area contributed by atoms with E-state index in [-0.39, 0.29) is 18.5 Å². The van der Waals surface area contributed by atoms with Crippen LogP contribution in [-0.4, -0.2) is 47.4 Å². The highest BCUT2D eigenvalue weighted by Crippen LogP contribution is 2.15. The van der Waals surface area contributed by atoms with E-state index >= 15 is 0 Å². The van der Waals surface area contributed by atoms with Crippen LogP contribution in [0.5, 0.6) is 0 Å². The number of unbranched alkanes of at least 4 members (excludes halogenated alkanes) is 33. The number of nitrogens with one attached hydrogen (secondary N) is 1. The zero-order chi connectivity index (χ0) is 43.7. The second-order valence-electron chi connectivity index (χ2n) is 17.9. The molecule has 60 heavy (non-hydrogen) atoms. The Kier molecular flexibility index (Phi) is 48.1. The largest absolute Gasteiger partial charge is 0.466 e. The molecule has 0 heterocycles. The predicted molar refractivity (Wildman–Crippen MR) is 259 cm³/mol. The molecule has 0 aromatic rings. The molecular formula is C54H101NO5. The van der Waals surface area contributed by atoms with E-state index in [9.17, 15) is 19.8 Å². The molecule has 0 aromatic heterocycles. The van der Waals surface area contributed by atoms with Gasteiger partial charge in [-0.05, 0) is 64.2 Å². The lowest BCUT2D eigenvalue weighted by molar-refractivity contribution is -0.143. The number of aliphatic hydroxyl groups is 2. The Morgan fingerprint density at radius 1 is 0.467 bits per heavy atom. The molecule has 0 aliphatic rings. The fraction of sp³-hybridized carbons (Fsp3) is 0.852. The molecule has 352 valence electrons. The third kappa shape index (κ3) is 45.6. The number of carbonyl (C=O) groups is 2. The molecule has 0 aliphatic carbocycles. The van der Waals surface area contributed by atoms with Gasteiger partial charge >= 0.3 is 5.97 Å². The van der Waals surface area contributed by atoms with Gasteiger partial charge in [-0.3, -0.25) is 9.59 Å². The molecule has 0 aliphatic heterocycles. The van der Waals surface area contributed by atoms with Crippen LogP contribution in [0.2, 0.25) is 0 Å². The van der Waals surface area contributed by atoms with Crippen molar-refractivity contribution in [2.75, 3.05) is 13.2 Å². The lowest BCUT2D eigenvalue weighted by Crippen LogP contribution is -2.45. The average Bonchev–Trinajstić information content (AvgIpc) is 3.25. The maximum Gasteiger partial charge on any atom is 0.305 e. The van der Waals surface area contributed by atoms with E-state index in [1.165, 1.54) is 180 Å². The van der Waals surface area contributed by atoms with Crippen molar-refractivity contribution in [2.24, 2.45) is 0 Å². The number of hydrogen-bond donors (Lipinski definition) is 3. The second kappa shape index (κ2) is 49.7. The van der Waals surface area contributed by atoms with Gasteiger partial charge in [0.1, 0.15) is 0 Å². The molecule has 2 atom stereocenters. The number of ether oxygens (including phenoxy) is 1. The highest BCUT2D eigenvalue weighted by Gasteiger charge is 2.18. The number of carbonyl (C=O) groups excluding carboxylic acids is 2. The van der Waals surface area contributed by atoms with E-state index in [2.05, 4.69) is 43.5 Å². The monoisotopic (exact) mass is 844 g/mol. The maximum atomic E-state index is 12.4.